The van der Waals surface area contributed by atoms with Crippen LogP contribution in [0.4, 0.5) is 5.69 Å². The summed E-state index contributed by atoms with van der Waals surface area (Å²) < 4.78 is 6.04. The first-order chi connectivity index (χ1) is 10.2. The summed E-state index contributed by atoms with van der Waals surface area (Å²) in [7, 11) is 2.11. The van der Waals surface area contributed by atoms with Crippen molar-refractivity contribution >= 4 is 5.69 Å². The fraction of sp³-hybridized carbons (Fsp3) is 0.353. The van der Waals surface area contributed by atoms with Crippen molar-refractivity contribution in [3.63, 3.8) is 0 Å². The highest BCUT2D eigenvalue weighted by Gasteiger charge is 2.20. The summed E-state index contributed by atoms with van der Waals surface area (Å²) in [4.78, 5) is 6.80. The molecule has 0 saturated carbocycles. The summed E-state index contributed by atoms with van der Waals surface area (Å²) in [6.45, 7) is 4.57. The number of fused-ring (bicyclic) bond motifs is 1. The van der Waals surface area contributed by atoms with E-state index in [1.165, 1.54) is 0 Å². The molecule has 21 heavy (non-hydrogen) atoms. The molecule has 1 aliphatic rings. The lowest BCUT2D eigenvalue weighted by Gasteiger charge is -2.30. The van der Waals surface area contributed by atoms with Gasteiger partial charge in [-0.05, 0) is 38.2 Å². The van der Waals surface area contributed by atoms with Gasteiger partial charge in [0, 0.05) is 18.8 Å². The van der Waals surface area contributed by atoms with Gasteiger partial charge in [0.05, 0.1) is 17.9 Å². The highest BCUT2D eigenvalue weighted by Crippen LogP contribution is 2.28. The number of rotatable bonds is 4. The number of hydrogen-bond acceptors (Lipinski definition) is 4. The quantitative estimate of drug-likeness (QED) is 0.936. The first-order valence-corrected chi connectivity index (χ1v) is 7.31. The zero-order chi connectivity index (χ0) is 14.7. The molecule has 2 aromatic rings. The third kappa shape index (κ3) is 3.52. The van der Waals surface area contributed by atoms with Gasteiger partial charge in [-0.2, -0.15) is 0 Å². The summed E-state index contributed by atoms with van der Waals surface area (Å²) in [6, 6.07) is 14.2. The number of ether oxygens (including phenoxy) is 1. The van der Waals surface area contributed by atoms with Gasteiger partial charge in [-0.1, -0.05) is 18.2 Å². The van der Waals surface area contributed by atoms with Gasteiger partial charge < -0.3 is 10.1 Å². The summed E-state index contributed by atoms with van der Waals surface area (Å²) in [5.41, 5.74) is 3.24. The van der Waals surface area contributed by atoms with Crippen molar-refractivity contribution in [2.75, 3.05) is 25.5 Å². The average Bonchev–Trinajstić information content (AvgIpc) is 2.47. The zero-order valence-electron chi connectivity index (χ0n) is 12.5. The minimum Gasteiger partial charge on any atom is -0.485 e. The predicted molar refractivity (Wildman–Crippen MR) is 84.7 cm³/mol. The molecule has 1 aromatic carbocycles. The van der Waals surface area contributed by atoms with Crippen molar-refractivity contribution < 1.29 is 4.74 Å². The summed E-state index contributed by atoms with van der Waals surface area (Å²) in [5, 5.41) is 3.42. The average molecular weight is 283 g/mol. The molecule has 1 N–H and O–H groups in total. The number of aryl methyl sites for hydroxylation is 1. The number of para-hydroxylation sites is 2. The molecule has 0 spiro atoms. The number of aromatic nitrogens is 1. The minimum atomic E-state index is 0.162. The molecule has 1 aliphatic heterocycles. The molecule has 4 heteroatoms. The maximum absolute atomic E-state index is 6.04. The van der Waals surface area contributed by atoms with Crippen LogP contribution in [0.2, 0.25) is 0 Å². The zero-order valence-corrected chi connectivity index (χ0v) is 12.5. The number of likely N-dealkylation sites (N-methyl/N-ethyl adjacent to an activating group) is 1. The molecule has 3 rings (SSSR count). The van der Waals surface area contributed by atoms with Crippen LogP contribution >= 0.6 is 0 Å². The van der Waals surface area contributed by atoms with Crippen molar-refractivity contribution in [3.8, 4) is 5.75 Å². The smallest absolute Gasteiger partial charge is 0.142 e. The molecule has 2 heterocycles. The van der Waals surface area contributed by atoms with Gasteiger partial charge >= 0.3 is 0 Å². The van der Waals surface area contributed by atoms with E-state index in [4.69, 9.17) is 4.74 Å². The molecule has 1 unspecified atom stereocenters. The third-order valence-corrected chi connectivity index (χ3v) is 3.59. The molecular formula is C17H21N3O. The Bertz CT molecular complexity index is 614. The maximum atomic E-state index is 6.04. The van der Waals surface area contributed by atoms with E-state index >= 15 is 0 Å². The molecule has 0 bridgehead atoms. The van der Waals surface area contributed by atoms with Crippen LogP contribution in [0.25, 0.3) is 0 Å². The van der Waals surface area contributed by atoms with Crippen LogP contribution in [0.5, 0.6) is 5.75 Å². The van der Waals surface area contributed by atoms with Crippen LogP contribution in [-0.2, 0) is 6.54 Å². The Morgan fingerprint density at radius 3 is 2.95 bits per heavy atom. The van der Waals surface area contributed by atoms with E-state index < -0.39 is 0 Å². The first-order valence-electron chi connectivity index (χ1n) is 7.31. The van der Waals surface area contributed by atoms with Gasteiger partial charge in [0.2, 0.25) is 0 Å². The topological polar surface area (TPSA) is 37.4 Å². The predicted octanol–water partition coefficient (Wildman–Crippen LogP) is 2.69. The number of nitrogens with zero attached hydrogens (tertiary/aromatic N) is 2. The fourth-order valence-electron chi connectivity index (χ4n) is 2.64. The second-order valence-corrected chi connectivity index (χ2v) is 5.58. The number of nitrogens with one attached hydrogen (secondary N) is 1. The van der Waals surface area contributed by atoms with Crippen LogP contribution in [0, 0.1) is 6.92 Å². The molecule has 0 amide bonds. The Labute approximate surface area is 125 Å². The number of pyridine rings is 1. The van der Waals surface area contributed by atoms with Crippen LogP contribution in [0.3, 0.4) is 0 Å². The van der Waals surface area contributed by atoms with Crippen molar-refractivity contribution in [1.82, 2.24) is 9.88 Å². The van der Waals surface area contributed by atoms with Crippen molar-refractivity contribution in [1.29, 1.82) is 0 Å². The highest BCUT2D eigenvalue weighted by molar-refractivity contribution is 5.57. The maximum Gasteiger partial charge on any atom is 0.142 e. The van der Waals surface area contributed by atoms with Crippen LogP contribution in [0.1, 0.15) is 11.4 Å². The lowest BCUT2D eigenvalue weighted by atomic mass is 10.2. The molecule has 0 aliphatic carbocycles. The number of hydrogen-bond donors (Lipinski definition) is 1. The van der Waals surface area contributed by atoms with Gasteiger partial charge in [0.15, 0.2) is 0 Å². The summed E-state index contributed by atoms with van der Waals surface area (Å²) >= 11 is 0. The van der Waals surface area contributed by atoms with Gasteiger partial charge in [-0.15, -0.1) is 0 Å². The lowest BCUT2D eigenvalue weighted by Crippen LogP contribution is -2.40. The van der Waals surface area contributed by atoms with Crippen LogP contribution in [-0.4, -0.2) is 36.1 Å². The molecule has 0 saturated heterocycles. The Kier molecular flexibility index (Phi) is 4.06. The fourth-order valence-corrected chi connectivity index (χ4v) is 2.64. The van der Waals surface area contributed by atoms with Gasteiger partial charge in [0.25, 0.3) is 0 Å². The van der Waals surface area contributed by atoms with Gasteiger partial charge in [-0.25, -0.2) is 0 Å². The minimum absolute atomic E-state index is 0.162. The largest absolute Gasteiger partial charge is 0.485 e. The number of benzene rings is 1. The normalized spacial score (nSPS) is 17.0. The van der Waals surface area contributed by atoms with E-state index in [9.17, 15) is 0 Å². The molecule has 1 atom stereocenters. The Hall–Kier alpha value is -2.07. The third-order valence-electron chi connectivity index (χ3n) is 3.59. The molecule has 4 nitrogen and oxygen atoms in total. The first kappa shape index (κ1) is 13.9. The van der Waals surface area contributed by atoms with Gasteiger partial charge in [0.1, 0.15) is 11.9 Å². The second-order valence-electron chi connectivity index (χ2n) is 5.58. The molecular weight excluding hydrogens is 262 g/mol. The second kappa shape index (κ2) is 6.14. The van der Waals surface area contributed by atoms with Gasteiger partial charge in [-0.3, -0.25) is 9.88 Å². The molecule has 1 aromatic heterocycles. The Morgan fingerprint density at radius 1 is 1.24 bits per heavy atom. The van der Waals surface area contributed by atoms with E-state index in [0.29, 0.717) is 0 Å². The van der Waals surface area contributed by atoms with Crippen molar-refractivity contribution in [3.05, 3.63) is 53.9 Å². The van der Waals surface area contributed by atoms with E-state index in [-0.39, 0.29) is 6.10 Å². The monoisotopic (exact) mass is 283 g/mol. The van der Waals surface area contributed by atoms with E-state index in [0.717, 1.165) is 42.5 Å². The summed E-state index contributed by atoms with van der Waals surface area (Å²) in [5.74, 6) is 0.941. The van der Waals surface area contributed by atoms with Crippen LogP contribution < -0.4 is 10.1 Å². The lowest BCUT2D eigenvalue weighted by molar-refractivity contribution is 0.147. The number of anilines is 1. The standard InChI is InChI=1S/C17H21N3O/c1-13-6-5-7-14(19-13)11-20(2)12-15-10-18-16-8-3-4-9-17(16)21-15/h3-9,15,18H,10-12H2,1-2H3. The Morgan fingerprint density at radius 2 is 2.10 bits per heavy atom. The van der Waals surface area contributed by atoms with E-state index in [2.05, 4.69) is 34.4 Å². The highest BCUT2D eigenvalue weighted by atomic mass is 16.5. The SMILES string of the molecule is Cc1cccc(CN(C)CC2CNc3ccccc3O2)n1. The van der Waals surface area contributed by atoms with Crippen molar-refractivity contribution in [2.24, 2.45) is 0 Å². The van der Waals surface area contributed by atoms with Crippen LogP contribution in [0.15, 0.2) is 42.5 Å². The van der Waals surface area contributed by atoms with E-state index in [1.807, 2.05) is 37.3 Å². The molecule has 110 valence electrons. The molecule has 0 fully saturated rings. The molecule has 0 radical (unpaired) electrons. The Balaban J connectivity index is 1.57. The summed E-state index contributed by atoms with van der Waals surface area (Å²) in [6.07, 6.45) is 0.162. The van der Waals surface area contributed by atoms with E-state index in [1.54, 1.807) is 0 Å². The van der Waals surface area contributed by atoms with Crippen molar-refractivity contribution in [2.45, 2.75) is 19.6 Å².